The first kappa shape index (κ1) is 19.4. The Kier molecular flexibility index (Phi) is 4.98. The predicted octanol–water partition coefficient (Wildman–Crippen LogP) is 3.96. The van der Waals surface area contributed by atoms with E-state index in [1.54, 1.807) is 11.8 Å². The van der Waals surface area contributed by atoms with Crippen LogP contribution in [0.2, 0.25) is 0 Å². The molecule has 6 heteroatoms. The summed E-state index contributed by atoms with van der Waals surface area (Å²) in [4.78, 5) is 16.3. The minimum absolute atomic E-state index is 0.0312. The van der Waals surface area contributed by atoms with E-state index in [1.807, 2.05) is 43.7 Å². The summed E-state index contributed by atoms with van der Waals surface area (Å²) in [6, 6.07) is 16.4. The maximum absolute atomic E-state index is 12.9. The Morgan fingerprint density at radius 3 is 2.81 bits per heavy atom. The van der Waals surface area contributed by atoms with E-state index in [0.717, 1.165) is 28.8 Å². The van der Waals surface area contributed by atoms with Crippen molar-refractivity contribution in [2.24, 2.45) is 13.0 Å². The molecule has 4 aromatic rings. The van der Waals surface area contributed by atoms with Crippen LogP contribution in [0, 0.1) is 5.92 Å². The van der Waals surface area contributed by atoms with Crippen LogP contribution in [0.4, 0.5) is 0 Å². The Morgan fingerprint density at radius 2 is 2.06 bits per heavy atom. The highest BCUT2D eigenvalue weighted by atomic mass is 16.5. The van der Waals surface area contributed by atoms with Gasteiger partial charge in [-0.3, -0.25) is 9.48 Å². The highest BCUT2D eigenvalue weighted by molar-refractivity contribution is 5.85. The number of methoxy groups -OCH3 is 1. The summed E-state index contributed by atoms with van der Waals surface area (Å²) < 4.78 is 7.11. The number of carbonyl (C=O) groups is 1. The highest BCUT2D eigenvalue weighted by Gasteiger charge is 2.44. The van der Waals surface area contributed by atoms with Crippen molar-refractivity contribution < 1.29 is 9.53 Å². The topological polar surface area (TPSA) is 71.9 Å². The zero-order valence-electron chi connectivity index (χ0n) is 17.7. The molecular weight excluding hydrogens is 388 g/mol. The van der Waals surface area contributed by atoms with Crippen LogP contribution in [0.5, 0.6) is 5.75 Å². The van der Waals surface area contributed by atoms with Crippen molar-refractivity contribution in [2.75, 3.05) is 13.7 Å². The average Bonchev–Trinajstić information content (AvgIpc) is 3.31. The number of aromatic amines is 1. The van der Waals surface area contributed by atoms with Crippen molar-refractivity contribution in [3.63, 3.8) is 0 Å². The van der Waals surface area contributed by atoms with E-state index in [0.29, 0.717) is 6.54 Å². The van der Waals surface area contributed by atoms with Crippen molar-refractivity contribution in [1.29, 1.82) is 0 Å². The number of rotatable bonds is 7. The third-order valence-corrected chi connectivity index (χ3v) is 6.28. The molecule has 2 heterocycles. The van der Waals surface area contributed by atoms with E-state index >= 15 is 0 Å². The lowest BCUT2D eigenvalue weighted by atomic mass is 9.90. The van der Waals surface area contributed by atoms with Gasteiger partial charge in [-0.2, -0.15) is 5.10 Å². The van der Waals surface area contributed by atoms with Crippen LogP contribution in [-0.2, 0) is 11.8 Å². The van der Waals surface area contributed by atoms with Gasteiger partial charge in [0.2, 0.25) is 5.91 Å². The first-order chi connectivity index (χ1) is 15.1. The van der Waals surface area contributed by atoms with Crippen molar-refractivity contribution in [3.05, 3.63) is 83.8 Å². The van der Waals surface area contributed by atoms with Crippen molar-refractivity contribution in [3.8, 4) is 5.75 Å². The van der Waals surface area contributed by atoms with E-state index in [2.05, 4.69) is 45.9 Å². The summed E-state index contributed by atoms with van der Waals surface area (Å²) in [5, 5.41) is 8.63. The normalized spacial score (nSPS) is 18.6. The summed E-state index contributed by atoms with van der Waals surface area (Å²) in [6.07, 6.45) is 6.81. The fraction of sp³-hybridized carbons (Fsp3) is 0.280. The van der Waals surface area contributed by atoms with Gasteiger partial charge in [0.15, 0.2) is 0 Å². The summed E-state index contributed by atoms with van der Waals surface area (Å²) in [7, 11) is 3.57. The van der Waals surface area contributed by atoms with E-state index in [4.69, 9.17) is 4.74 Å². The number of aryl methyl sites for hydroxylation is 1. The number of hydrogen-bond acceptors (Lipinski definition) is 3. The van der Waals surface area contributed by atoms with Gasteiger partial charge in [-0.15, -0.1) is 0 Å². The fourth-order valence-electron chi connectivity index (χ4n) is 4.44. The second-order valence-corrected chi connectivity index (χ2v) is 8.26. The van der Waals surface area contributed by atoms with Gasteiger partial charge >= 0.3 is 0 Å². The quantitative estimate of drug-likeness (QED) is 0.481. The first-order valence-electron chi connectivity index (χ1n) is 10.6. The molecule has 31 heavy (non-hydrogen) atoms. The summed E-state index contributed by atoms with van der Waals surface area (Å²) in [6.45, 7) is 0.545. The number of nitrogens with one attached hydrogen (secondary N) is 2. The lowest BCUT2D eigenvalue weighted by Crippen LogP contribution is -2.30. The van der Waals surface area contributed by atoms with Gasteiger partial charge in [-0.05, 0) is 47.2 Å². The van der Waals surface area contributed by atoms with Crippen LogP contribution < -0.4 is 10.1 Å². The van der Waals surface area contributed by atoms with Crippen molar-refractivity contribution in [2.45, 2.75) is 18.3 Å². The molecular formula is C25H26N4O2. The molecule has 1 saturated carbocycles. The molecule has 0 spiro atoms. The molecule has 1 aliphatic rings. The van der Waals surface area contributed by atoms with E-state index < -0.39 is 0 Å². The minimum Gasteiger partial charge on any atom is -0.497 e. The lowest BCUT2D eigenvalue weighted by Gasteiger charge is -2.19. The first-order valence-corrected chi connectivity index (χ1v) is 10.6. The third-order valence-electron chi connectivity index (χ3n) is 6.28. The number of fused-ring (bicyclic) bond motifs is 1. The number of ether oxygens (including phenoxy) is 1. The molecule has 5 rings (SSSR count). The van der Waals surface area contributed by atoms with Gasteiger partial charge in [0.25, 0.3) is 0 Å². The smallest absolute Gasteiger partial charge is 0.223 e. The molecule has 1 aliphatic carbocycles. The Morgan fingerprint density at radius 1 is 1.26 bits per heavy atom. The van der Waals surface area contributed by atoms with Gasteiger partial charge in [-0.25, -0.2) is 0 Å². The lowest BCUT2D eigenvalue weighted by molar-refractivity contribution is -0.122. The van der Waals surface area contributed by atoms with Crippen LogP contribution in [0.3, 0.4) is 0 Å². The van der Waals surface area contributed by atoms with Gasteiger partial charge in [-0.1, -0.05) is 30.3 Å². The van der Waals surface area contributed by atoms with Crippen LogP contribution in [0.25, 0.3) is 10.9 Å². The van der Waals surface area contributed by atoms with Gasteiger partial charge in [0.05, 0.1) is 13.3 Å². The summed E-state index contributed by atoms with van der Waals surface area (Å²) in [5.74, 6) is 1.29. The Labute approximate surface area is 181 Å². The maximum Gasteiger partial charge on any atom is 0.223 e. The van der Waals surface area contributed by atoms with Gasteiger partial charge in [0, 0.05) is 48.7 Å². The largest absolute Gasteiger partial charge is 0.497 e. The van der Waals surface area contributed by atoms with Crippen LogP contribution in [0.1, 0.15) is 34.9 Å². The number of benzene rings is 2. The van der Waals surface area contributed by atoms with Crippen LogP contribution in [0.15, 0.2) is 67.1 Å². The highest BCUT2D eigenvalue weighted by Crippen LogP contribution is 2.47. The third kappa shape index (κ3) is 3.81. The van der Waals surface area contributed by atoms with E-state index in [1.165, 1.54) is 10.9 Å². The molecule has 0 saturated heterocycles. The Hall–Kier alpha value is -3.54. The Balaban J connectivity index is 1.36. The Bertz CT molecular complexity index is 1210. The molecule has 6 nitrogen and oxygen atoms in total. The molecule has 1 amide bonds. The predicted molar refractivity (Wildman–Crippen MR) is 120 cm³/mol. The molecule has 2 aromatic carbocycles. The molecule has 0 unspecified atom stereocenters. The van der Waals surface area contributed by atoms with Crippen molar-refractivity contribution in [1.82, 2.24) is 20.1 Å². The number of nitrogens with zero attached hydrogens (tertiary/aromatic N) is 2. The molecule has 0 radical (unpaired) electrons. The van der Waals surface area contributed by atoms with E-state index in [-0.39, 0.29) is 23.7 Å². The van der Waals surface area contributed by atoms with Crippen molar-refractivity contribution >= 4 is 16.8 Å². The molecule has 2 aromatic heterocycles. The number of aromatic nitrogens is 3. The van der Waals surface area contributed by atoms with Gasteiger partial charge < -0.3 is 15.0 Å². The van der Waals surface area contributed by atoms with Crippen LogP contribution in [-0.4, -0.2) is 34.3 Å². The fourth-order valence-corrected chi connectivity index (χ4v) is 4.44. The number of hydrogen-bond donors (Lipinski definition) is 2. The monoisotopic (exact) mass is 414 g/mol. The molecule has 1 fully saturated rings. The second kappa shape index (κ2) is 7.95. The average molecular weight is 415 g/mol. The number of para-hydroxylation sites is 1. The van der Waals surface area contributed by atoms with Crippen LogP contribution >= 0.6 is 0 Å². The van der Waals surface area contributed by atoms with E-state index in [9.17, 15) is 4.79 Å². The molecule has 0 bridgehead atoms. The number of H-pyrrole nitrogens is 1. The molecule has 0 aliphatic heterocycles. The molecule has 3 atom stereocenters. The zero-order chi connectivity index (χ0) is 21.4. The standard InChI is InChI=1S/C25H26N4O2/c1-29-15-17(12-28-29)20-11-21(20)25(30)27-13-22(16-7-9-18(31-2)10-8-16)23-14-26-24-6-4-3-5-19(23)24/h3-10,12,14-15,20-22,26H,11,13H2,1-2H3,(H,27,30)/t20-,21+,22-/m0/s1. The molecule has 2 N–H and O–H groups in total. The summed E-state index contributed by atoms with van der Waals surface area (Å²) >= 11 is 0. The second-order valence-electron chi connectivity index (χ2n) is 8.26. The van der Waals surface area contributed by atoms with Gasteiger partial charge in [0.1, 0.15) is 5.75 Å². The SMILES string of the molecule is COc1ccc([C@H](CNC(=O)[C@@H]2C[C@H]2c2cnn(C)c2)c2c[nH]c3ccccc23)cc1. The molecule has 158 valence electrons. The summed E-state index contributed by atoms with van der Waals surface area (Å²) in [5.41, 5.74) is 4.57. The minimum atomic E-state index is 0.0312. The number of carbonyl (C=O) groups excluding carboxylic acids is 1. The maximum atomic E-state index is 12.9. The number of amides is 1. The zero-order valence-corrected chi connectivity index (χ0v) is 17.7.